The smallest absolute Gasteiger partial charge is 0.161 e. The van der Waals surface area contributed by atoms with E-state index in [9.17, 15) is 5.21 Å². The summed E-state index contributed by atoms with van der Waals surface area (Å²) in [5, 5.41) is 18.0. The summed E-state index contributed by atoms with van der Waals surface area (Å²) in [7, 11) is 4.99. The van der Waals surface area contributed by atoms with E-state index in [1.54, 1.807) is 21.3 Å². The van der Waals surface area contributed by atoms with E-state index < -0.39 is 0 Å². The number of ether oxygens (including phenoxy) is 3. The molecule has 1 saturated heterocycles. The standard InChI is InChI=1S/C23H25NO4/c1-26-15-6-7-16-17-9-14-5-4-8-24(14,25)13-21(17)20-12-23(28-3)22(27-2)11-19(20)18(16)10-15/h6-7,10-12,14H,4-5,8-9,13H2,1-3H3. The van der Waals surface area contributed by atoms with Gasteiger partial charge in [0.25, 0.3) is 0 Å². The zero-order valence-electron chi connectivity index (χ0n) is 16.6. The van der Waals surface area contributed by atoms with Crippen LogP contribution in [0.4, 0.5) is 0 Å². The van der Waals surface area contributed by atoms with Crippen LogP contribution in [0.1, 0.15) is 24.0 Å². The van der Waals surface area contributed by atoms with E-state index in [0.717, 1.165) is 47.7 Å². The molecule has 146 valence electrons. The van der Waals surface area contributed by atoms with Crippen molar-refractivity contribution in [2.75, 3.05) is 27.9 Å². The second kappa shape index (κ2) is 6.26. The molecule has 3 aromatic rings. The molecular weight excluding hydrogens is 354 g/mol. The highest BCUT2D eigenvalue weighted by molar-refractivity contribution is 6.12. The zero-order valence-corrected chi connectivity index (χ0v) is 16.6. The molecule has 5 heteroatoms. The number of rotatable bonds is 3. The summed E-state index contributed by atoms with van der Waals surface area (Å²) >= 11 is 0. The average molecular weight is 379 g/mol. The third-order valence-electron chi connectivity index (χ3n) is 6.66. The van der Waals surface area contributed by atoms with Crippen LogP contribution in [-0.4, -0.2) is 38.6 Å². The van der Waals surface area contributed by atoms with Gasteiger partial charge < -0.3 is 24.1 Å². The largest absolute Gasteiger partial charge is 0.632 e. The molecule has 2 aliphatic rings. The van der Waals surface area contributed by atoms with Crippen molar-refractivity contribution in [1.82, 2.24) is 0 Å². The number of nitrogens with zero attached hydrogens (tertiary/aromatic N) is 1. The molecule has 0 bridgehead atoms. The van der Waals surface area contributed by atoms with Gasteiger partial charge in [-0.25, -0.2) is 0 Å². The molecule has 2 unspecified atom stereocenters. The number of methoxy groups -OCH3 is 3. The van der Waals surface area contributed by atoms with Crippen molar-refractivity contribution in [2.24, 2.45) is 0 Å². The summed E-state index contributed by atoms with van der Waals surface area (Å²) in [5.74, 6) is 2.22. The first kappa shape index (κ1) is 17.6. The van der Waals surface area contributed by atoms with Crippen molar-refractivity contribution in [3.8, 4) is 17.2 Å². The maximum atomic E-state index is 13.5. The Bertz CT molecular complexity index is 1090. The Hall–Kier alpha value is -2.50. The number of quaternary nitrogens is 1. The van der Waals surface area contributed by atoms with Crippen molar-refractivity contribution >= 4 is 21.5 Å². The summed E-state index contributed by atoms with van der Waals surface area (Å²) in [6.45, 7) is 1.26. The Morgan fingerprint density at radius 1 is 0.857 bits per heavy atom. The zero-order chi connectivity index (χ0) is 19.5. The molecule has 5 rings (SSSR count). The first-order valence-electron chi connectivity index (χ1n) is 9.83. The fraction of sp³-hybridized carbons (Fsp3) is 0.391. The summed E-state index contributed by atoms with van der Waals surface area (Å²) in [5.41, 5.74) is 2.48. The molecule has 0 radical (unpaired) electrons. The number of hydrogen-bond acceptors (Lipinski definition) is 4. The van der Waals surface area contributed by atoms with E-state index in [0.29, 0.717) is 18.0 Å². The third kappa shape index (κ3) is 2.39. The van der Waals surface area contributed by atoms with Gasteiger partial charge in [-0.2, -0.15) is 0 Å². The summed E-state index contributed by atoms with van der Waals surface area (Å²) in [6, 6.07) is 10.5. The molecule has 0 aromatic heterocycles. The number of hydroxylamine groups is 3. The maximum absolute atomic E-state index is 13.5. The Kier molecular flexibility index (Phi) is 3.93. The minimum Gasteiger partial charge on any atom is -0.632 e. The quantitative estimate of drug-likeness (QED) is 0.380. The first-order chi connectivity index (χ1) is 13.6. The highest BCUT2D eigenvalue weighted by Gasteiger charge is 2.40. The molecule has 2 aliphatic heterocycles. The maximum Gasteiger partial charge on any atom is 0.161 e. The predicted molar refractivity (Wildman–Crippen MR) is 110 cm³/mol. The lowest BCUT2D eigenvalue weighted by Gasteiger charge is -2.48. The van der Waals surface area contributed by atoms with Gasteiger partial charge >= 0.3 is 0 Å². The highest BCUT2D eigenvalue weighted by atomic mass is 16.5. The van der Waals surface area contributed by atoms with Gasteiger partial charge in [-0.1, -0.05) is 6.07 Å². The van der Waals surface area contributed by atoms with Gasteiger partial charge in [0.2, 0.25) is 0 Å². The van der Waals surface area contributed by atoms with Crippen LogP contribution in [0.5, 0.6) is 17.2 Å². The summed E-state index contributed by atoms with van der Waals surface area (Å²) in [6.07, 6.45) is 2.87. The van der Waals surface area contributed by atoms with Crippen LogP contribution in [0.3, 0.4) is 0 Å². The van der Waals surface area contributed by atoms with Crippen LogP contribution in [-0.2, 0) is 13.0 Å². The van der Waals surface area contributed by atoms with Crippen LogP contribution < -0.4 is 14.2 Å². The van der Waals surface area contributed by atoms with Crippen LogP contribution in [0, 0.1) is 5.21 Å². The first-order valence-corrected chi connectivity index (χ1v) is 9.83. The molecule has 28 heavy (non-hydrogen) atoms. The minimum absolute atomic E-state index is 0.0852. The molecule has 2 heterocycles. The molecule has 1 fully saturated rings. The second-order valence-electron chi connectivity index (χ2n) is 7.96. The van der Waals surface area contributed by atoms with Crippen molar-refractivity contribution in [1.29, 1.82) is 0 Å². The van der Waals surface area contributed by atoms with Gasteiger partial charge in [0.15, 0.2) is 11.5 Å². The fourth-order valence-electron chi connectivity index (χ4n) is 5.22. The van der Waals surface area contributed by atoms with Gasteiger partial charge in [0.05, 0.1) is 33.9 Å². The van der Waals surface area contributed by atoms with E-state index in [1.807, 2.05) is 18.2 Å². The molecule has 5 nitrogen and oxygen atoms in total. The monoisotopic (exact) mass is 379 g/mol. The van der Waals surface area contributed by atoms with E-state index in [-0.39, 0.29) is 10.7 Å². The van der Waals surface area contributed by atoms with Crippen molar-refractivity contribution < 1.29 is 18.9 Å². The van der Waals surface area contributed by atoms with Crippen LogP contribution in [0.2, 0.25) is 0 Å². The molecule has 2 atom stereocenters. The highest BCUT2D eigenvalue weighted by Crippen LogP contribution is 2.46. The predicted octanol–water partition coefficient (Wildman–Crippen LogP) is 4.55. The van der Waals surface area contributed by atoms with Crippen LogP contribution >= 0.6 is 0 Å². The average Bonchev–Trinajstić information content (AvgIpc) is 3.11. The molecule has 0 aliphatic carbocycles. The van der Waals surface area contributed by atoms with E-state index >= 15 is 0 Å². The number of hydrogen-bond donors (Lipinski definition) is 0. The Labute approximate surface area is 164 Å². The fourth-order valence-corrected chi connectivity index (χ4v) is 5.22. The van der Waals surface area contributed by atoms with Crippen molar-refractivity contribution in [3.05, 3.63) is 46.7 Å². The molecule has 0 saturated carbocycles. The summed E-state index contributed by atoms with van der Waals surface area (Å²) in [4.78, 5) is 0. The van der Waals surface area contributed by atoms with Gasteiger partial charge in [-0.3, -0.25) is 0 Å². The SMILES string of the molecule is COc1ccc2c3c(c4cc(OC)c(OC)cc4c2c1)C[N+]1([O-])CCCC1C3. The Morgan fingerprint density at radius 3 is 2.29 bits per heavy atom. The van der Waals surface area contributed by atoms with Crippen molar-refractivity contribution in [2.45, 2.75) is 31.8 Å². The normalized spacial score (nSPS) is 23.5. The van der Waals surface area contributed by atoms with Gasteiger partial charge in [0, 0.05) is 24.8 Å². The Balaban J connectivity index is 1.89. The lowest BCUT2D eigenvalue weighted by molar-refractivity contribution is -0.907. The lowest BCUT2D eigenvalue weighted by atomic mass is 9.85. The molecular formula is C23H25NO4. The number of benzene rings is 3. The molecule has 3 aromatic carbocycles. The van der Waals surface area contributed by atoms with E-state index in [1.165, 1.54) is 16.5 Å². The Morgan fingerprint density at radius 2 is 1.57 bits per heavy atom. The molecule has 0 N–H and O–H groups in total. The molecule has 0 amide bonds. The van der Waals surface area contributed by atoms with E-state index in [4.69, 9.17) is 14.2 Å². The van der Waals surface area contributed by atoms with Crippen molar-refractivity contribution in [3.63, 3.8) is 0 Å². The van der Waals surface area contributed by atoms with E-state index in [2.05, 4.69) is 12.1 Å². The second-order valence-corrected chi connectivity index (χ2v) is 7.96. The van der Waals surface area contributed by atoms with Gasteiger partial charge in [-0.05, 0) is 51.4 Å². The van der Waals surface area contributed by atoms with Gasteiger partial charge in [-0.15, -0.1) is 0 Å². The topological polar surface area (TPSA) is 50.8 Å². The number of fused-ring (bicyclic) bond motifs is 7. The van der Waals surface area contributed by atoms with Crippen LogP contribution in [0.15, 0.2) is 30.3 Å². The third-order valence-corrected chi connectivity index (χ3v) is 6.66. The lowest BCUT2D eigenvalue weighted by Crippen LogP contribution is -2.49. The van der Waals surface area contributed by atoms with Gasteiger partial charge in [0.1, 0.15) is 12.3 Å². The summed E-state index contributed by atoms with van der Waals surface area (Å²) < 4.78 is 16.5. The van der Waals surface area contributed by atoms with Crippen LogP contribution in [0.25, 0.3) is 21.5 Å². The molecule has 0 spiro atoms. The minimum atomic E-state index is -0.0852.